The first-order valence-electron chi connectivity index (χ1n) is 20.1. The van der Waals surface area contributed by atoms with Gasteiger partial charge in [0.15, 0.2) is 11.6 Å². The van der Waals surface area contributed by atoms with Gasteiger partial charge in [-0.15, -0.1) is 0 Å². The van der Waals surface area contributed by atoms with E-state index in [9.17, 15) is 73.5 Å². The van der Waals surface area contributed by atoms with Gasteiger partial charge in [-0.2, -0.15) is 26.3 Å². The number of likely N-dealkylation sites (tertiary alicyclic amines) is 1. The van der Waals surface area contributed by atoms with Gasteiger partial charge in [0.05, 0.1) is 39.8 Å². The Morgan fingerprint density at radius 3 is 1.36 bits per heavy atom. The fourth-order valence-electron chi connectivity index (χ4n) is 5.03. The molecule has 1 aliphatic rings. The number of benzene rings is 4. The lowest BCUT2D eigenvalue weighted by Crippen LogP contribution is -2.23. The van der Waals surface area contributed by atoms with Crippen LogP contribution in [-0.2, 0) is 26.7 Å². The second-order valence-corrected chi connectivity index (χ2v) is 18.9. The largest absolute Gasteiger partial charge is 0.481 e. The van der Waals surface area contributed by atoms with Crippen LogP contribution in [0.2, 0.25) is 0 Å². The van der Waals surface area contributed by atoms with Crippen LogP contribution in [0.5, 0.6) is 0 Å². The number of thiocarbonyl (C=S) groups is 1. The number of aliphatic carboxylic acids is 3. The van der Waals surface area contributed by atoms with Crippen molar-refractivity contribution >= 4 is 97.5 Å². The monoisotopic (exact) mass is 1120 g/mol. The SMILES string of the molecule is CC(SSC(C)C(=O)O)C(=O)O.O=C(O)CCSC(=S)N1CCCC1.O=C(O)c1ccc(F)cc1.O=C(O)c1cccc(C(=O)O)c1F.O=C(O)c1ccccc1C(=O)c1cc(C(F)(F)F)cc(C(F)(F)F)c1. The van der Waals surface area contributed by atoms with Gasteiger partial charge in [0.1, 0.15) is 20.6 Å². The molecule has 396 valence electrons. The molecule has 73 heavy (non-hydrogen) atoms. The zero-order chi connectivity index (χ0) is 56.0. The van der Waals surface area contributed by atoms with Crippen LogP contribution < -0.4 is 0 Å². The van der Waals surface area contributed by atoms with Crippen LogP contribution in [0, 0.1) is 11.6 Å². The van der Waals surface area contributed by atoms with Crippen molar-refractivity contribution in [2.24, 2.45) is 0 Å². The number of hydrogen-bond donors (Lipinski definition) is 7. The third kappa shape index (κ3) is 23.1. The number of thioether (sulfide) groups is 1. The van der Waals surface area contributed by atoms with Crippen molar-refractivity contribution in [3.8, 4) is 0 Å². The minimum Gasteiger partial charge on any atom is -0.481 e. The molecule has 28 heteroatoms. The van der Waals surface area contributed by atoms with Gasteiger partial charge < -0.3 is 40.6 Å². The van der Waals surface area contributed by atoms with E-state index in [2.05, 4.69) is 4.90 Å². The number of carbonyl (C=O) groups excluding carboxylic acids is 1. The standard InChI is InChI=1S/C16H8F6O3.C8H5FO4.C8H13NO2S2.C7H5FO2.C6H10O4S2/c17-15(18,19)9-5-8(6-10(7-9)16(20,21)22)13(23)11-3-1-2-4-12(11)14(24)25;9-6-4(7(10)11)2-1-3-5(6)8(12)13;10-7(11)3-6-13-8(12)9-4-1-2-5-9;8-6-3-1-5(2-4-6)7(9)10;1-3(5(7)8)11-12-4(2)6(9)10/h1-7H,(H,24,25);1-3H,(H,10,11)(H,12,13);1-6H2,(H,10,11);1-4H,(H,9,10);3-4H,1-2H3,(H,7,8)(H,9,10). The van der Waals surface area contributed by atoms with Crippen molar-refractivity contribution in [3.05, 3.63) is 141 Å². The highest BCUT2D eigenvalue weighted by atomic mass is 33.1. The maximum atomic E-state index is 13.0. The van der Waals surface area contributed by atoms with Crippen LogP contribution in [-0.4, -0.2) is 122 Å². The molecule has 2 unspecified atom stereocenters. The van der Waals surface area contributed by atoms with Crippen LogP contribution in [0.3, 0.4) is 0 Å². The normalized spacial score (nSPS) is 12.5. The summed E-state index contributed by atoms with van der Waals surface area (Å²) in [5.74, 6) is -10.5. The van der Waals surface area contributed by atoms with Crippen molar-refractivity contribution in [1.29, 1.82) is 0 Å². The maximum absolute atomic E-state index is 13.0. The topological polar surface area (TPSA) is 281 Å². The zero-order valence-corrected chi connectivity index (χ0v) is 40.7. The number of rotatable bonds is 14. The lowest BCUT2D eigenvalue weighted by Gasteiger charge is -2.16. The second kappa shape index (κ2) is 30.3. The maximum Gasteiger partial charge on any atom is 0.416 e. The molecule has 1 saturated heterocycles. The number of halogens is 8. The van der Waals surface area contributed by atoms with Gasteiger partial charge in [-0.1, -0.05) is 69.8 Å². The third-order valence-corrected chi connectivity index (χ3v) is 13.4. The number of nitrogens with zero attached hydrogens (tertiary/aromatic N) is 1. The fourth-order valence-corrected chi connectivity index (χ4v) is 8.27. The Hall–Kier alpha value is -6.78. The summed E-state index contributed by atoms with van der Waals surface area (Å²) >= 11 is 6.64. The van der Waals surface area contributed by atoms with E-state index in [0.717, 1.165) is 75.4 Å². The lowest BCUT2D eigenvalue weighted by molar-refractivity contribution is -0.143. The molecule has 1 aliphatic heterocycles. The smallest absolute Gasteiger partial charge is 0.416 e. The first-order chi connectivity index (χ1) is 33.8. The molecular weight excluding hydrogens is 1070 g/mol. The summed E-state index contributed by atoms with van der Waals surface area (Å²) in [5.41, 5.74) is -6.44. The van der Waals surface area contributed by atoms with Gasteiger partial charge in [0.25, 0.3) is 0 Å². The number of alkyl halides is 6. The van der Waals surface area contributed by atoms with E-state index < -0.39 is 121 Å². The van der Waals surface area contributed by atoms with Crippen LogP contribution in [0.15, 0.2) is 84.9 Å². The minimum atomic E-state index is -5.11. The van der Waals surface area contributed by atoms with Crippen molar-refractivity contribution < 1.29 is 109 Å². The van der Waals surface area contributed by atoms with Crippen LogP contribution >= 0.6 is 45.6 Å². The number of carboxylic acids is 7. The van der Waals surface area contributed by atoms with Gasteiger partial charge >= 0.3 is 54.1 Å². The Bertz CT molecular complexity index is 2530. The summed E-state index contributed by atoms with van der Waals surface area (Å²) in [6.07, 6.45) is -7.61. The Labute approximate surface area is 425 Å². The molecule has 0 saturated carbocycles. The van der Waals surface area contributed by atoms with E-state index in [4.69, 9.17) is 48.0 Å². The van der Waals surface area contributed by atoms with Gasteiger partial charge in [0, 0.05) is 30.0 Å². The summed E-state index contributed by atoms with van der Waals surface area (Å²) in [4.78, 5) is 87.3. The van der Waals surface area contributed by atoms with Crippen molar-refractivity contribution in [2.45, 2.75) is 56.0 Å². The summed E-state index contributed by atoms with van der Waals surface area (Å²) in [5, 5.41) is 58.4. The average molecular weight is 1120 g/mol. The molecule has 4 aromatic carbocycles. The van der Waals surface area contributed by atoms with Gasteiger partial charge in [-0.25, -0.2) is 28.0 Å². The number of hydrogen-bond acceptors (Lipinski definition) is 12. The molecule has 5 rings (SSSR count). The second-order valence-electron chi connectivity index (χ2n) is 14.2. The lowest BCUT2D eigenvalue weighted by atomic mass is 9.95. The van der Waals surface area contributed by atoms with Crippen LogP contribution in [0.1, 0.15) is 102 Å². The molecular formula is C45H41F8NO15S4. The van der Waals surface area contributed by atoms with E-state index in [0.29, 0.717) is 5.75 Å². The number of carbonyl (C=O) groups is 8. The Morgan fingerprint density at radius 1 is 0.575 bits per heavy atom. The number of ketones is 1. The van der Waals surface area contributed by atoms with E-state index in [1.165, 1.54) is 68.8 Å². The highest BCUT2D eigenvalue weighted by Gasteiger charge is 2.38. The van der Waals surface area contributed by atoms with E-state index in [-0.39, 0.29) is 30.2 Å². The summed E-state index contributed by atoms with van der Waals surface area (Å²) in [6.45, 7) is 5.13. The van der Waals surface area contributed by atoms with Crippen molar-refractivity contribution in [1.82, 2.24) is 4.90 Å². The quantitative estimate of drug-likeness (QED) is 0.0267. The van der Waals surface area contributed by atoms with E-state index in [1.54, 1.807) is 0 Å². The Kier molecular flexibility index (Phi) is 26.7. The molecule has 0 aromatic heterocycles. The highest BCUT2D eigenvalue weighted by molar-refractivity contribution is 8.77. The minimum absolute atomic E-state index is 0.0985. The molecule has 4 aromatic rings. The van der Waals surface area contributed by atoms with Gasteiger partial charge in [-0.3, -0.25) is 19.2 Å². The molecule has 1 fully saturated rings. The summed E-state index contributed by atoms with van der Waals surface area (Å²) in [7, 11) is 2.11. The Morgan fingerprint density at radius 2 is 0.986 bits per heavy atom. The van der Waals surface area contributed by atoms with E-state index in [1.807, 2.05) is 0 Å². The predicted octanol–water partition coefficient (Wildman–Crippen LogP) is 10.3. The molecule has 1 heterocycles. The van der Waals surface area contributed by atoms with Crippen molar-refractivity contribution in [3.63, 3.8) is 0 Å². The van der Waals surface area contributed by atoms with Crippen molar-refractivity contribution in [2.75, 3.05) is 18.8 Å². The van der Waals surface area contributed by atoms with E-state index >= 15 is 0 Å². The molecule has 0 spiro atoms. The Balaban J connectivity index is 0.000000480. The zero-order valence-electron chi connectivity index (χ0n) is 37.5. The number of carboxylic acid groups (broad SMARTS) is 7. The first-order valence-corrected chi connectivity index (χ1v) is 23.8. The van der Waals surface area contributed by atoms with Gasteiger partial charge in [0.2, 0.25) is 0 Å². The molecule has 2 atom stereocenters. The molecule has 16 nitrogen and oxygen atoms in total. The summed E-state index contributed by atoms with van der Waals surface area (Å²) in [6, 6.07) is 12.8. The molecule has 0 bridgehead atoms. The van der Waals surface area contributed by atoms with Gasteiger partial charge in [-0.05, 0) is 87.4 Å². The predicted molar refractivity (Wildman–Crippen MR) is 254 cm³/mol. The fraction of sp³-hybridized carbons (Fsp3) is 0.267. The first kappa shape index (κ1) is 64.2. The van der Waals surface area contributed by atoms with Crippen LogP contribution in [0.4, 0.5) is 35.1 Å². The molecule has 0 aliphatic carbocycles. The molecule has 7 N–H and O–H groups in total. The summed E-state index contributed by atoms with van der Waals surface area (Å²) < 4.78 is 103. The number of aromatic carboxylic acids is 4. The van der Waals surface area contributed by atoms with Crippen LogP contribution in [0.25, 0.3) is 0 Å². The molecule has 0 amide bonds. The third-order valence-electron chi connectivity index (χ3n) is 8.75. The molecule has 0 radical (unpaired) electrons. The average Bonchev–Trinajstić information content (AvgIpc) is 3.86. The highest BCUT2D eigenvalue weighted by Crippen LogP contribution is 2.37.